The number of alkyl halides is 3. The van der Waals surface area contributed by atoms with Gasteiger partial charge < -0.3 is 14.7 Å². The molecule has 9 heteroatoms. The Balaban J connectivity index is 2.19. The van der Waals surface area contributed by atoms with Crippen molar-refractivity contribution in [1.29, 1.82) is 0 Å². The van der Waals surface area contributed by atoms with E-state index in [-0.39, 0.29) is 18.8 Å². The Labute approximate surface area is 142 Å². The normalized spacial score (nSPS) is 15.0. The van der Waals surface area contributed by atoms with Gasteiger partial charge in [-0.15, -0.1) is 0 Å². The van der Waals surface area contributed by atoms with Crippen LogP contribution in [0.4, 0.5) is 18.9 Å². The van der Waals surface area contributed by atoms with E-state index in [0.29, 0.717) is 19.5 Å². The summed E-state index contributed by atoms with van der Waals surface area (Å²) in [5.41, 5.74) is -1.31. The summed E-state index contributed by atoms with van der Waals surface area (Å²) < 4.78 is 39.5. The molecule has 2 rings (SSSR count). The zero-order chi connectivity index (χ0) is 18.6. The van der Waals surface area contributed by atoms with Crippen molar-refractivity contribution >= 4 is 23.9 Å². The lowest BCUT2D eigenvalue weighted by molar-refractivity contribution is -0.138. The number of halogens is 3. The molecule has 1 fully saturated rings. The van der Waals surface area contributed by atoms with Gasteiger partial charge in [-0.1, -0.05) is 12.1 Å². The maximum Gasteiger partial charge on any atom is 0.418 e. The van der Waals surface area contributed by atoms with E-state index < -0.39 is 30.1 Å². The molecule has 1 heterocycles. The molecule has 0 atom stereocenters. The van der Waals surface area contributed by atoms with Gasteiger partial charge in [0.05, 0.1) is 11.3 Å². The highest BCUT2D eigenvalue weighted by Gasteiger charge is 2.36. The van der Waals surface area contributed by atoms with E-state index in [2.05, 4.69) is 0 Å². The van der Waals surface area contributed by atoms with Gasteiger partial charge >= 0.3 is 6.18 Å². The first-order valence-electron chi connectivity index (χ1n) is 7.65. The molecule has 0 saturated carbocycles. The molecule has 0 unspecified atom stereocenters. The van der Waals surface area contributed by atoms with Crippen LogP contribution in [0.25, 0.3) is 0 Å². The summed E-state index contributed by atoms with van der Waals surface area (Å²) in [5.74, 6) is -1.12. The smallest absolute Gasteiger partial charge is 0.342 e. The number of rotatable bonds is 4. The van der Waals surface area contributed by atoms with Crippen LogP contribution in [-0.4, -0.2) is 60.7 Å². The van der Waals surface area contributed by atoms with Crippen molar-refractivity contribution in [1.82, 2.24) is 9.80 Å². The minimum atomic E-state index is -4.64. The molecule has 25 heavy (non-hydrogen) atoms. The van der Waals surface area contributed by atoms with E-state index in [1.54, 1.807) is 0 Å². The van der Waals surface area contributed by atoms with Crippen LogP contribution in [0.5, 0.6) is 0 Å². The van der Waals surface area contributed by atoms with Crippen molar-refractivity contribution in [3.8, 4) is 0 Å². The number of anilines is 1. The first kappa shape index (κ1) is 18.8. The Morgan fingerprint density at radius 2 is 1.76 bits per heavy atom. The highest BCUT2D eigenvalue weighted by Crippen LogP contribution is 2.36. The van der Waals surface area contributed by atoms with Crippen LogP contribution in [0.15, 0.2) is 24.3 Å². The number of amides is 3. The average molecular weight is 357 g/mol. The number of para-hydroxylation sites is 1. The second-order valence-corrected chi connectivity index (χ2v) is 5.64. The standard InChI is InChI=1S/C16H18F3N3O3/c1-12(24)22(14-5-3-2-4-13(14)16(17,18)19)10-15(25)21-8-6-20(11-23)7-9-21/h2-5,11H,6-10H2,1H3. The van der Waals surface area contributed by atoms with Gasteiger partial charge in [0, 0.05) is 33.1 Å². The van der Waals surface area contributed by atoms with Gasteiger partial charge in [-0.3, -0.25) is 14.4 Å². The first-order chi connectivity index (χ1) is 11.7. The van der Waals surface area contributed by atoms with E-state index in [1.807, 2.05) is 0 Å². The van der Waals surface area contributed by atoms with Crippen molar-refractivity contribution in [2.75, 3.05) is 37.6 Å². The van der Waals surface area contributed by atoms with Crippen LogP contribution >= 0.6 is 0 Å². The monoisotopic (exact) mass is 357 g/mol. The molecule has 0 radical (unpaired) electrons. The van der Waals surface area contributed by atoms with Crippen molar-refractivity contribution in [2.45, 2.75) is 13.1 Å². The fourth-order valence-corrected chi connectivity index (χ4v) is 2.63. The molecule has 1 saturated heterocycles. The van der Waals surface area contributed by atoms with Gasteiger partial charge in [0.15, 0.2) is 0 Å². The number of nitrogens with zero attached hydrogens (tertiary/aromatic N) is 3. The van der Waals surface area contributed by atoms with E-state index in [4.69, 9.17) is 0 Å². The summed E-state index contributed by atoms with van der Waals surface area (Å²) >= 11 is 0. The SMILES string of the molecule is CC(=O)N(CC(=O)N1CCN(C=O)CC1)c1ccccc1C(F)(F)F. The topological polar surface area (TPSA) is 60.9 Å². The highest BCUT2D eigenvalue weighted by atomic mass is 19.4. The molecule has 0 bridgehead atoms. The van der Waals surface area contributed by atoms with Crippen LogP contribution in [0, 0.1) is 0 Å². The van der Waals surface area contributed by atoms with Crippen molar-refractivity contribution in [3.05, 3.63) is 29.8 Å². The molecular formula is C16H18F3N3O3. The van der Waals surface area contributed by atoms with Gasteiger partial charge in [-0.25, -0.2) is 0 Å². The number of carbonyl (C=O) groups is 3. The molecule has 136 valence electrons. The van der Waals surface area contributed by atoms with Gasteiger partial charge in [-0.05, 0) is 12.1 Å². The van der Waals surface area contributed by atoms with E-state index in [1.165, 1.54) is 28.0 Å². The van der Waals surface area contributed by atoms with Crippen LogP contribution in [0.3, 0.4) is 0 Å². The van der Waals surface area contributed by atoms with Crippen molar-refractivity contribution in [3.63, 3.8) is 0 Å². The van der Waals surface area contributed by atoms with E-state index in [0.717, 1.165) is 17.9 Å². The van der Waals surface area contributed by atoms with E-state index in [9.17, 15) is 27.6 Å². The van der Waals surface area contributed by atoms with Crippen molar-refractivity contribution < 1.29 is 27.6 Å². The minimum absolute atomic E-state index is 0.282. The Morgan fingerprint density at radius 1 is 1.16 bits per heavy atom. The molecule has 3 amide bonds. The predicted molar refractivity (Wildman–Crippen MR) is 83.7 cm³/mol. The molecule has 0 N–H and O–H groups in total. The second kappa shape index (κ2) is 7.54. The molecule has 6 nitrogen and oxygen atoms in total. The lowest BCUT2D eigenvalue weighted by atomic mass is 10.1. The molecule has 0 aliphatic carbocycles. The molecular weight excluding hydrogens is 339 g/mol. The van der Waals surface area contributed by atoms with Crippen LogP contribution < -0.4 is 4.90 Å². The average Bonchev–Trinajstić information content (AvgIpc) is 2.58. The Bertz CT molecular complexity index is 656. The summed E-state index contributed by atoms with van der Waals surface area (Å²) in [7, 11) is 0. The molecule has 1 aliphatic heterocycles. The maximum atomic E-state index is 13.2. The van der Waals surface area contributed by atoms with Crippen molar-refractivity contribution in [2.24, 2.45) is 0 Å². The molecule has 1 aromatic rings. The summed E-state index contributed by atoms with van der Waals surface area (Å²) in [6.45, 7) is 1.91. The number of hydrogen-bond donors (Lipinski definition) is 0. The molecule has 1 aromatic carbocycles. The largest absolute Gasteiger partial charge is 0.418 e. The minimum Gasteiger partial charge on any atom is -0.342 e. The summed E-state index contributed by atoms with van der Waals surface area (Å²) in [6.07, 6.45) is -3.95. The quantitative estimate of drug-likeness (QED) is 0.765. The zero-order valence-electron chi connectivity index (χ0n) is 13.6. The first-order valence-corrected chi connectivity index (χ1v) is 7.65. The van der Waals surface area contributed by atoms with Crippen LogP contribution in [0.1, 0.15) is 12.5 Å². The third-order valence-electron chi connectivity index (χ3n) is 3.99. The lowest BCUT2D eigenvalue weighted by Gasteiger charge is -2.34. The molecule has 0 spiro atoms. The Morgan fingerprint density at radius 3 is 2.28 bits per heavy atom. The summed E-state index contributed by atoms with van der Waals surface area (Å²) in [6, 6.07) is 4.65. The third-order valence-corrected chi connectivity index (χ3v) is 3.99. The second-order valence-electron chi connectivity index (χ2n) is 5.64. The predicted octanol–water partition coefficient (Wildman–Crippen LogP) is 1.36. The fourth-order valence-electron chi connectivity index (χ4n) is 2.63. The number of benzene rings is 1. The summed E-state index contributed by atoms with van der Waals surface area (Å²) in [5, 5.41) is 0. The Kier molecular flexibility index (Phi) is 5.66. The molecule has 1 aliphatic rings. The summed E-state index contributed by atoms with van der Waals surface area (Å²) in [4.78, 5) is 38.7. The van der Waals surface area contributed by atoms with Gasteiger partial charge in [0.25, 0.3) is 0 Å². The number of hydrogen-bond acceptors (Lipinski definition) is 3. The van der Waals surface area contributed by atoms with Gasteiger partial charge in [-0.2, -0.15) is 13.2 Å². The maximum absolute atomic E-state index is 13.2. The molecule has 0 aromatic heterocycles. The zero-order valence-corrected chi connectivity index (χ0v) is 13.6. The van der Waals surface area contributed by atoms with Gasteiger partial charge in [0.2, 0.25) is 18.2 Å². The van der Waals surface area contributed by atoms with Crippen LogP contribution in [0.2, 0.25) is 0 Å². The number of carbonyl (C=O) groups excluding carboxylic acids is 3. The lowest BCUT2D eigenvalue weighted by Crippen LogP contribution is -2.51. The number of piperazine rings is 1. The highest BCUT2D eigenvalue weighted by molar-refractivity contribution is 5.98. The fraction of sp³-hybridized carbons (Fsp3) is 0.438. The van der Waals surface area contributed by atoms with Gasteiger partial charge in [0.1, 0.15) is 6.54 Å². The van der Waals surface area contributed by atoms with Crippen LogP contribution in [-0.2, 0) is 20.6 Å². The van der Waals surface area contributed by atoms with E-state index >= 15 is 0 Å². The Hall–Kier alpha value is -2.58. The third kappa shape index (κ3) is 4.49.